The van der Waals surface area contributed by atoms with Gasteiger partial charge in [0.15, 0.2) is 5.78 Å². The molecule has 1 aliphatic heterocycles. The molecule has 1 aromatic rings. The first-order valence-electron chi connectivity index (χ1n) is 5.72. The Balaban J connectivity index is 0.00000144. The molecule has 0 aliphatic carbocycles. The number of rotatable bonds is 3. The molecule has 17 heavy (non-hydrogen) atoms. The maximum absolute atomic E-state index is 12.2. The zero-order valence-corrected chi connectivity index (χ0v) is 12.3. The predicted octanol–water partition coefficient (Wildman–Crippen LogP) is 3.54. The van der Waals surface area contributed by atoms with E-state index in [1.165, 1.54) is 12.8 Å². The van der Waals surface area contributed by atoms with Gasteiger partial charge in [0.05, 0.1) is 6.04 Å². The van der Waals surface area contributed by atoms with Gasteiger partial charge in [-0.25, -0.2) is 0 Å². The van der Waals surface area contributed by atoms with Crippen molar-refractivity contribution in [1.29, 1.82) is 0 Å². The van der Waals surface area contributed by atoms with Crippen LogP contribution < -0.4 is 0 Å². The maximum atomic E-state index is 12.2. The van der Waals surface area contributed by atoms with Crippen molar-refractivity contribution in [3.05, 3.63) is 34.3 Å². The van der Waals surface area contributed by atoms with Crippen LogP contribution in [0.1, 0.15) is 30.1 Å². The van der Waals surface area contributed by atoms with Crippen LogP contribution >= 0.6 is 28.3 Å². The minimum atomic E-state index is 0. The molecule has 1 heterocycles. The van der Waals surface area contributed by atoms with Crippen LogP contribution in [0.15, 0.2) is 28.7 Å². The number of Topliss-reactive ketones (excluding diaryl/α,β-unsaturated/α-hetero) is 1. The second-order valence-electron chi connectivity index (χ2n) is 4.29. The third kappa shape index (κ3) is 3.54. The van der Waals surface area contributed by atoms with E-state index in [0.717, 1.165) is 23.1 Å². The topological polar surface area (TPSA) is 20.3 Å². The third-order valence-corrected chi connectivity index (χ3v) is 3.73. The van der Waals surface area contributed by atoms with Crippen LogP contribution in [0.3, 0.4) is 0 Å². The van der Waals surface area contributed by atoms with Gasteiger partial charge in [-0.15, -0.1) is 12.4 Å². The molecule has 0 saturated carbocycles. The van der Waals surface area contributed by atoms with Crippen LogP contribution in [0.25, 0.3) is 0 Å². The van der Waals surface area contributed by atoms with Crippen LogP contribution in [0.4, 0.5) is 0 Å². The Bertz CT molecular complexity index is 374. The van der Waals surface area contributed by atoms with Crippen molar-refractivity contribution in [2.75, 3.05) is 13.1 Å². The van der Waals surface area contributed by atoms with Crippen molar-refractivity contribution < 1.29 is 4.79 Å². The fraction of sp³-hybridized carbons (Fsp3) is 0.462. The molecule has 0 amide bonds. The van der Waals surface area contributed by atoms with Gasteiger partial charge in [-0.05, 0) is 45.0 Å². The number of hydrogen-bond acceptors (Lipinski definition) is 2. The lowest BCUT2D eigenvalue weighted by atomic mass is 10.0. The van der Waals surface area contributed by atoms with Crippen LogP contribution in [0.5, 0.6) is 0 Å². The molecular formula is C13H17BrClNO. The molecule has 2 nitrogen and oxygen atoms in total. The Morgan fingerprint density at radius 1 is 1.24 bits per heavy atom. The average molecular weight is 319 g/mol. The summed E-state index contributed by atoms with van der Waals surface area (Å²) >= 11 is 3.38. The number of ketones is 1. The van der Waals surface area contributed by atoms with Crippen LogP contribution in [-0.4, -0.2) is 29.8 Å². The lowest BCUT2D eigenvalue weighted by Gasteiger charge is -2.22. The molecule has 1 aliphatic rings. The summed E-state index contributed by atoms with van der Waals surface area (Å²) in [5.41, 5.74) is 0.808. The summed E-state index contributed by atoms with van der Waals surface area (Å²) in [5, 5.41) is 0. The number of hydrogen-bond donors (Lipinski definition) is 0. The van der Waals surface area contributed by atoms with Gasteiger partial charge in [0.25, 0.3) is 0 Å². The third-order valence-electron chi connectivity index (χ3n) is 3.20. The van der Waals surface area contributed by atoms with E-state index in [-0.39, 0.29) is 24.2 Å². The molecule has 0 spiro atoms. The molecule has 1 atom stereocenters. The van der Waals surface area contributed by atoms with Gasteiger partial charge in [-0.2, -0.15) is 0 Å². The Hall–Kier alpha value is -0.380. The number of carbonyl (C=O) groups is 1. The minimum Gasteiger partial charge on any atom is -0.294 e. The van der Waals surface area contributed by atoms with Gasteiger partial charge in [0, 0.05) is 10.0 Å². The van der Waals surface area contributed by atoms with E-state index >= 15 is 0 Å². The highest BCUT2D eigenvalue weighted by Crippen LogP contribution is 2.17. The summed E-state index contributed by atoms with van der Waals surface area (Å²) in [6.45, 7) is 4.13. The molecule has 2 rings (SSSR count). The minimum absolute atomic E-state index is 0. The molecule has 1 aromatic carbocycles. The summed E-state index contributed by atoms with van der Waals surface area (Å²) < 4.78 is 1.01. The summed E-state index contributed by atoms with van der Waals surface area (Å²) in [6, 6.07) is 7.63. The van der Waals surface area contributed by atoms with E-state index < -0.39 is 0 Å². The Labute approximate surface area is 117 Å². The fourth-order valence-corrected chi connectivity index (χ4v) is 2.41. The van der Waals surface area contributed by atoms with Crippen molar-refractivity contribution in [1.82, 2.24) is 4.90 Å². The summed E-state index contributed by atoms with van der Waals surface area (Å²) in [5.74, 6) is 0.231. The molecule has 1 fully saturated rings. The largest absolute Gasteiger partial charge is 0.294 e. The predicted molar refractivity (Wildman–Crippen MR) is 76.0 cm³/mol. The molecule has 0 bridgehead atoms. The van der Waals surface area contributed by atoms with Crippen LogP contribution in [0.2, 0.25) is 0 Å². The van der Waals surface area contributed by atoms with E-state index in [1.807, 2.05) is 31.2 Å². The quantitative estimate of drug-likeness (QED) is 0.795. The first kappa shape index (κ1) is 14.7. The second-order valence-corrected chi connectivity index (χ2v) is 5.21. The van der Waals surface area contributed by atoms with Crippen LogP contribution in [0, 0.1) is 0 Å². The van der Waals surface area contributed by atoms with Crippen molar-refractivity contribution in [3.8, 4) is 0 Å². The Morgan fingerprint density at radius 2 is 1.76 bits per heavy atom. The van der Waals surface area contributed by atoms with Gasteiger partial charge in [-0.3, -0.25) is 9.69 Å². The van der Waals surface area contributed by atoms with E-state index in [0.29, 0.717) is 0 Å². The van der Waals surface area contributed by atoms with Gasteiger partial charge >= 0.3 is 0 Å². The zero-order valence-electron chi connectivity index (χ0n) is 9.86. The van der Waals surface area contributed by atoms with E-state index in [2.05, 4.69) is 20.8 Å². The van der Waals surface area contributed by atoms with Crippen molar-refractivity contribution in [3.63, 3.8) is 0 Å². The SMILES string of the molecule is CC(C(=O)c1ccc(Br)cc1)N1CCCC1.Cl. The normalized spacial score (nSPS) is 17.5. The molecule has 0 N–H and O–H groups in total. The first-order valence-corrected chi connectivity index (χ1v) is 6.51. The summed E-state index contributed by atoms with van der Waals surface area (Å²) in [7, 11) is 0. The molecular weight excluding hydrogens is 302 g/mol. The number of benzene rings is 1. The Morgan fingerprint density at radius 3 is 2.29 bits per heavy atom. The second kappa shape index (κ2) is 6.53. The van der Waals surface area contributed by atoms with Gasteiger partial charge < -0.3 is 0 Å². The van der Waals surface area contributed by atoms with Gasteiger partial charge in [0.1, 0.15) is 0 Å². The van der Waals surface area contributed by atoms with Crippen molar-refractivity contribution in [2.45, 2.75) is 25.8 Å². The standard InChI is InChI=1S/C13H16BrNO.ClH/c1-10(15-8-2-3-9-15)13(16)11-4-6-12(14)7-5-11;/h4-7,10H,2-3,8-9H2,1H3;1H. The molecule has 94 valence electrons. The zero-order chi connectivity index (χ0) is 11.5. The molecule has 1 unspecified atom stereocenters. The fourth-order valence-electron chi connectivity index (χ4n) is 2.15. The van der Waals surface area contributed by atoms with E-state index in [4.69, 9.17) is 0 Å². The van der Waals surface area contributed by atoms with Crippen LogP contribution in [-0.2, 0) is 0 Å². The lowest BCUT2D eigenvalue weighted by Crippen LogP contribution is -2.36. The highest BCUT2D eigenvalue weighted by Gasteiger charge is 2.24. The number of likely N-dealkylation sites (tertiary alicyclic amines) is 1. The van der Waals surface area contributed by atoms with Crippen molar-refractivity contribution >= 4 is 34.1 Å². The molecule has 0 radical (unpaired) electrons. The maximum Gasteiger partial charge on any atom is 0.179 e. The van der Waals surface area contributed by atoms with Gasteiger partial charge in [0.2, 0.25) is 0 Å². The van der Waals surface area contributed by atoms with E-state index in [9.17, 15) is 4.79 Å². The Kier molecular flexibility index (Phi) is 5.63. The monoisotopic (exact) mass is 317 g/mol. The molecule has 0 aromatic heterocycles. The summed E-state index contributed by atoms with van der Waals surface area (Å²) in [4.78, 5) is 14.5. The molecule has 4 heteroatoms. The van der Waals surface area contributed by atoms with Crippen molar-refractivity contribution in [2.24, 2.45) is 0 Å². The summed E-state index contributed by atoms with van der Waals surface area (Å²) in [6.07, 6.45) is 2.44. The highest BCUT2D eigenvalue weighted by atomic mass is 79.9. The van der Waals surface area contributed by atoms with Gasteiger partial charge in [-0.1, -0.05) is 28.1 Å². The highest BCUT2D eigenvalue weighted by molar-refractivity contribution is 9.10. The van der Waals surface area contributed by atoms with E-state index in [1.54, 1.807) is 0 Å². The average Bonchev–Trinajstić information content (AvgIpc) is 2.81. The molecule has 1 saturated heterocycles. The number of nitrogens with zero attached hydrogens (tertiary/aromatic N) is 1. The number of halogens is 2. The first-order chi connectivity index (χ1) is 7.68. The lowest BCUT2D eigenvalue weighted by molar-refractivity contribution is 0.0867. The number of carbonyl (C=O) groups excluding carboxylic acids is 1. The smallest absolute Gasteiger partial charge is 0.179 e.